The summed E-state index contributed by atoms with van der Waals surface area (Å²) in [6.45, 7) is 0. The van der Waals surface area contributed by atoms with Crippen molar-refractivity contribution in [2.75, 3.05) is 0 Å². The zero-order chi connectivity index (χ0) is 11.2. The van der Waals surface area contributed by atoms with Crippen LogP contribution in [-0.2, 0) is 9.53 Å². The van der Waals surface area contributed by atoms with E-state index in [0.29, 0.717) is 6.42 Å². The summed E-state index contributed by atoms with van der Waals surface area (Å²) >= 11 is 0. The third kappa shape index (κ3) is 3.09. The van der Waals surface area contributed by atoms with Gasteiger partial charge in [0.25, 0.3) is 0 Å². The molecule has 1 aromatic carbocycles. The molecule has 0 fully saturated rings. The van der Waals surface area contributed by atoms with Gasteiger partial charge < -0.3 is 4.74 Å². The van der Waals surface area contributed by atoms with Crippen LogP contribution in [0.25, 0.3) is 6.08 Å². The molecule has 1 unspecified atom stereocenters. The molecule has 0 aliphatic carbocycles. The van der Waals surface area contributed by atoms with Crippen LogP contribution in [0.1, 0.15) is 18.4 Å². The minimum absolute atomic E-state index is 0.0961. The van der Waals surface area contributed by atoms with Crippen LogP contribution in [-0.4, -0.2) is 12.1 Å². The highest BCUT2D eigenvalue weighted by Gasteiger charge is 2.12. The van der Waals surface area contributed by atoms with E-state index in [2.05, 4.69) is 0 Å². The molecular formula is C14H14O2. The average Bonchev–Trinajstić information content (AvgIpc) is 2.30. The van der Waals surface area contributed by atoms with Gasteiger partial charge in [-0.25, -0.2) is 0 Å². The lowest BCUT2D eigenvalue weighted by Crippen LogP contribution is -2.18. The third-order valence-corrected chi connectivity index (χ3v) is 2.40. The quantitative estimate of drug-likeness (QED) is 0.571. The molecule has 0 amide bonds. The first-order valence-electron chi connectivity index (χ1n) is 5.42. The first-order chi connectivity index (χ1) is 7.84. The number of carbonyl (C=O) groups is 1. The molecule has 2 nitrogen and oxygen atoms in total. The van der Waals surface area contributed by atoms with Crippen LogP contribution in [0.2, 0.25) is 0 Å². The lowest BCUT2D eigenvalue weighted by Gasteiger charge is -2.15. The van der Waals surface area contributed by atoms with Crippen molar-refractivity contribution < 1.29 is 9.53 Å². The Labute approximate surface area is 95.2 Å². The van der Waals surface area contributed by atoms with E-state index in [-0.39, 0.29) is 12.1 Å². The van der Waals surface area contributed by atoms with E-state index in [9.17, 15) is 4.79 Å². The molecule has 1 aliphatic heterocycles. The second kappa shape index (κ2) is 5.31. The molecule has 1 atom stereocenters. The second-order valence-corrected chi connectivity index (χ2v) is 3.71. The Morgan fingerprint density at radius 1 is 1.31 bits per heavy atom. The summed E-state index contributed by atoms with van der Waals surface area (Å²) in [5.74, 6) is -0.138. The fourth-order valence-electron chi connectivity index (χ4n) is 1.60. The smallest absolute Gasteiger partial charge is 0.310 e. The van der Waals surface area contributed by atoms with E-state index in [0.717, 1.165) is 12.0 Å². The molecule has 1 heterocycles. The average molecular weight is 214 g/mol. The molecule has 0 saturated heterocycles. The van der Waals surface area contributed by atoms with Crippen LogP contribution >= 0.6 is 0 Å². The number of carbonyl (C=O) groups excluding carboxylic acids is 1. The molecule has 16 heavy (non-hydrogen) atoms. The minimum atomic E-state index is -0.138. The van der Waals surface area contributed by atoms with Crippen LogP contribution in [0.4, 0.5) is 0 Å². The minimum Gasteiger partial charge on any atom is -0.458 e. The van der Waals surface area contributed by atoms with Gasteiger partial charge in [-0.2, -0.15) is 0 Å². The van der Waals surface area contributed by atoms with E-state index in [1.807, 2.05) is 54.6 Å². The van der Waals surface area contributed by atoms with E-state index < -0.39 is 0 Å². The summed E-state index contributed by atoms with van der Waals surface area (Å²) in [7, 11) is 0. The van der Waals surface area contributed by atoms with Crippen LogP contribution in [0.15, 0.2) is 48.6 Å². The number of hydrogen-bond acceptors (Lipinski definition) is 2. The van der Waals surface area contributed by atoms with E-state index >= 15 is 0 Å². The van der Waals surface area contributed by atoms with Crippen LogP contribution in [0, 0.1) is 0 Å². The molecule has 0 saturated carbocycles. The van der Waals surface area contributed by atoms with E-state index in [4.69, 9.17) is 4.74 Å². The molecule has 1 aromatic rings. The van der Waals surface area contributed by atoms with Gasteiger partial charge in [-0.05, 0) is 11.6 Å². The standard InChI is InChI=1S/C14H14O2/c15-14-11-5-10-13(16-14)9-4-8-12-6-2-1-3-7-12/h1-8,10,13H,9,11H2/b8-4+. The summed E-state index contributed by atoms with van der Waals surface area (Å²) in [4.78, 5) is 11.0. The van der Waals surface area contributed by atoms with Crippen molar-refractivity contribution >= 4 is 12.0 Å². The Morgan fingerprint density at radius 3 is 2.88 bits per heavy atom. The van der Waals surface area contributed by atoms with Gasteiger partial charge in [0.2, 0.25) is 0 Å². The summed E-state index contributed by atoms with van der Waals surface area (Å²) in [6.07, 6.45) is 8.92. The topological polar surface area (TPSA) is 26.3 Å². The molecule has 82 valence electrons. The van der Waals surface area contributed by atoms with Crippen molar-refractivity contribution in [3.05, 3.63) is 54.1 Å². The van der Waals surface area contributed by atoms with Crippen LogP contribution in [0.3, 0.4) is 0 Å². The number of ether oxygens (including phenoxy) is 1. The highest BCUT2D eigenvalue weighted by molar-refractivity contribution is 5.72. The molecule has 2 heteroatoms. The Morgan fingerprint density at radius 2 is 2.12 bits per heavy atom. The maximum Gasteiger partial charge on any atom is 0.310 e. The van der Waals surface area contributed by atoms with Gasteiger partial charge in [0.05, 0.1) is 6.42 Å². The van der Waals surface area contributed by atoms with E-state index in [1.54, 1.807) is 0 Å². The first-order valence-corrected chi connectivity index (χ1v) is 5.42. The molecule has 0 aromatic heterocycles. The lowest BCUT2D eigenvalue weighted by molar-refractivity contribution is -0.146. The molecular weight excluding hydrogens is 200 g/mol. The van der Waals surface area contributed by atoms with Crippen molar-refractivity contribution in [3.8, 4) is 0 Å². The zero-order valence-electron chi connectivity index (χ0n) is 9.00. The predicted molar refractivity (Wildman–Crippen MR) is 63.7 cm³/mol. The highest BCUT2D eigenvalue weighted by Crippen LogP contribution is 2.11. The second-order valence-electron chi connectivity index (χ2n) is 3.71. The number of benzene rings is 1. The SMILES string of the molecule is O=C1CC=CC(C/C=C/c2ccccc2)O1. The maximum absolute atomic E-state index is 11.0. The van der Waals surface area contributed by atoms with Gasteiger partial charge in [0.1, 0.15) is 6.10 Å². The third-order valence-electron chi connectivity index (χ3n) is 2.40. The van der Waals surface area contributed by atoms with Gasteiger partial charge in [-0.3, -0.25) is 4.79 Å². The molecule has 0 spiro atoms. The lowest BCUT2D eigenvalue weighted by atomic mass is 10.1. The molecule has 0 bridgehead atoms. The van der Waals surface area contributed by atoms with Crippen molar-refractivity contribution in [3.63, 3.8) is 0 Å². The largest absolute Gasteiger partial charge is 0.458 e. The fourth-order valence-corrected chi connectivity index (χ4v) is 1.60. The number of rotatable bonds is 3. The number of cyclic esters (lactones) is 1. The maximum atomic E-state index is 11.0. The van der Waals surface area contributed by atoms with Gasteiger partial charge in [0.15, 0.2) is 0 Å². The van der Waals surface area contributed by atoms with E-state index in [1.165, 1.54) is 0 Å². The van der Waals surface area contributed by atoms with Crippen molar-refractivity contribution in [2.45, 2.75) is 18.9 Å². The van der Waals surface area contributed by atoms with Crippen molar-refractivity contribution in [1.29, 1.82) is 0 Å². The first kappa shape index (κ1) is 10.7. The Kier molecular flexibility index (Phi) is 3.54. The Bertz CT molecular complexity index is 404. The Hall–Kier alpha value is -1.83. The fraction of sp³-hybridized carbons (Fsp3) is 0.214. The monoisotopic (exact) mass is 214 g/mol. The summed E-state index contributed by atoms with van der Waals surface area (Å²) in [5.41, 5.74) is 1.16. The summed E-state index contributed by atoms with van der Waals surface area (Å²) in [6, 6.07) is 10.1. The molecule has 0 radical (unpaired) electrons. The molecule has 1 aliphatic rings. The molecule has 2 rings (SSSR count). The van der Waals surface area contributed by atoms with Crippen molar-refractivity contribution in [2.24, 2.45) is 0 Å². The summed E-state index contributed by atoms with van der Waals surface area (Å²) in [5, 5.41) is 0. The van der Waals surface area contributed by atoms with Crippen LogP contribution < -0.4 is 0 Å². The Balaban J connectivity index is 1.88. The van der Waals surface area contributed by atoms with Gasteiger partial charge in [-0.15, -0.1) is 0 Å². The zero-order valence-corrected chi connectivity index (χ0v) is 9.00. The van der Waals surface area contributed by atoms with Crippen LogP contribution in [0.5, 0.6) is 0 Å². The highest BCUT2D eigenvalue weighted by atomic mass is 16.5. The van der Waals surface area contributed by atoms with Gasteiger partial charge in [0, 0.05) is 6.42 Å². The normalized spacial score (nSPS) is 20.0. The predicted octanol–water partition coefficient (Wildman–Crippen LogP) is 2.96. The summed E-state index contributed by atoms with van der Waals surface area (Å²) < 4.78 is 5.15. The van der Waals surface area contributed by atoms with Gasteiger partial charge in [-0.1, -0.05) is 48.6 Å². The van der Waals surface area contributed by atoms with Crippen molar-refractivity contribution in [1.82, 2.24) is 0 Å². The number of esters is 1. The molecule has 0 N–H and O–H groups in total. The number of hydrogen-bond donors (Lipinski definition) is 0. The van der Waals surface area contributed by atoms with Gasteiger partial charge >= 0.3 is 5.97 Å².